The van der Waals surface area contributed by atoms with E-state index in [1.54, 1.807) is 24.3 Å². The molecule has 9 nitrogen and oxygen atoms in total. The molecule has 4 aromatic rings. The molecular weight excluding hydrogens is 358 g/mol. The summed E-state index contributed by atoms with van der Waals surface area (Å²) in [5.41, 5.74) is 2.25. The predicted molar refractivity (Wildman–Crippen MR) is 105 cm³/mol. The van der Waals surface area contributed by atoms with Crippen LogP contribution in [0.25, 0.3) is 27.4 Å². The SMILES string of the molecule is CCOc1ccc2[nH]c3cc(NC=C(C#N)c4nn[nH]n4)ccc3c(=O)c2c1. The van der Waals surface area contributed by atoms with Gasteiger partial charge >= 0.3 is 0 Å². The largest absolute Gasteiger partial charge is 0.494 e. The van der Waals surface area contributed by atoms with E-state index in [0.717, 1.165) is 5.52 Å². The van der Waals surface area contributed by atoms with Crippen LogP contribution in [-0.4, -0.2) is 32.2 Å². The number of rotatable bonds is 5. The lowest BCUT2D eigenvalue weighted by atomic mass is 10.1. The Morgan fingerprint density at radius 1 is 1.25 bits per heavy atom. The van der Waals surface area contributed by atoms with Gasteiger partial charge < -0.3 is 15.0 Å². The number of H-pyrrole nitrogens is 2. The fourth-order valence-electron chi connectivity index (χ4n) is 2.88. The number of anilines is 1. The van der Waals surface area contributed by atoms with E-state index in [1.165, 1.54) is 6.20 Å². The zero-order valence-corrected chi connectivity index (χ0v) is 14.9. The lowest BCUT2D eigenvalue weighted by Crippen LogP contribution is -2.05. The van der Waals surface area contributed by atoms with Crippen molar-refractivity contribution in [3.63, 3.8) is 0 Å². The fraction of sp³-hybridized carbons (Fsp3) is 0.105. The molecule has 2 aromatic carbocycles. The van der Waals surface area contributed by atoms with Gasteiger partial charge in [-0.25, -0.2) is 0 Å². The van der Waals surface area contributed by atoms with Gasteiger partial charge in [-0.2, -0.15) is 10.5 Å². The van der Waals surface area contributed by atoms with Gasteiger partial charge in [-0.15, -0.1) is 10.2 Å². The number of ether oxygens (including phenoxy) is 1. The normalized spacial score (nSPS) is 11.5. The van der Waals surface area contributed by atoms with Crippen molar-refractivity contribution in [3.8, 4) is 11.8 Å². The summed E-state index contributed by atoms with van der Waals surface area (Å²) in [6.45, 7) is 2.43. The minimum atomic E-state index is -0.0723. The molecule has 4 rings (SSSR count). The molecule has 138 valence electrons. The molecule has 28 heavy (non-hydrogen) atoms. The number of hydrogen-bond acceptors (Lipinski definition) is 7. The van der Waals surface area contributed by atoms with Gasteiger partial charge in [0.15, 0.2) is 5.43 Å². The maximum atomic E-state index is 12.8. The van der Waals surface area contributed by atoms with E-state index in [0.29, 0.717) is 34.3 Å². The average molecular weight is 373 g/mol. The van der Waals surface area contributed by atoms with Crippen molar-refractivity contribution in [2.75, 3.05) is 11.9 Å². The number of aromatic amines is 2. The number of aromatic nitrogens is 5. The van der Waals surface area contributed by atoms with Crippen molar-refractivity contribution < 1.29 is 4.74 Å². The Morgan fingerprint density at radius 3 is 2.89 bits per heavy atom. The lowest BCUT2D eigenvalue weighted by molar-refractivity contribution is 0.340. The molecule has 0 amide bonds. The Labute approximate surface area is 158 Å². The van der Waals surface area contributed by atoms with E-state index < -0.39 is 0 Å². The summed E-state index contributed by atoms with van der Waals surface area (Å²) in [5, 5.41) is 26.7. The van der Waals surface area contributed by atoms with Gasteiger partial charge in [0, 0.05) is 22.7 Å². The van der Waals surface area contributed by atoms with Crippen molar-refractivity contribution in [2.24, 2.45) is 0 Å². The number of tetrazole rings is 1. The molecule has 0 aliphatic heterocycles. The summed E-state index contributed by atoms with van der Waals surface area (Å²) in [4.78, 5) is 16.1. The molecule has 0 fully saturated rings. The van der Waals surface area contributed by atoms with Gasteiger partial charge in [-0.05, 0) is 48.5 Å². The summed E-state index contributed by atoms with van der Waals surface area (Å²) in [6, 6.07) is 12.7. The Hall–Kier alpha value is -4.19. The summed E-state index contributed by atoms with van der Waals surface area (Å²) < 4.78 is 5.48. The molecule has 0 aliphatic rings. The summed E-state index contributed by atoms with van der Waals surface area (Å²) in [6.07, 6.45) is 1.49. The first kappa shape index (κ1) is 17.2. The Balaban J connectivity index is 1.73. The van der Waals surface area contributed by atoms with Crippen LogP contribution in [-0.2, 0) is 0 Å². The van der Waals surface area contributed by atoms with E-state index in [2.05, 4.69) is 30.9 Å². The van der Waals surface area contributed by atoms with Crippen molar-refractivity contribution in [3.05, 3.63) is 58.6 Å². The highest BCUT2D eigenvalue weighted by atomic mass is 16.5. The zero-order chi connectivity index (χ0) is 19.5. The van der Waals surface area contributed by atoms with Crippen molar-refractivity contribution in [1.82, 2.24) is 25.6 Å². The first-order valence-electron chi connectivity index (χ1n) is 8.53. The summed E-state index contributed by atoms with van der Waals surface area (Å²) in [7, 11) is 0. The van der Waals surface area contributed by atoms with Crippen LogP contribution in [0.4, 0.5) is 5.69 Å². The number of fused-ring (bicyclic) bond motifs is 2. The molecular formula is C19H15N7O2. The van der Waals surface area contributed by atoms with Crippen LogP contribution in [0.15, 0.2) is 47.4 Å². The minimum absolute atomic E-state index is 0.0723. The number of allylic oxidation sites excluding steroid dienone is 1. The molecule has 0 radical (unpaired) electrons. The number of pyridine rings is 1. The van der Waals surface area contributed by atoms with Crippen LogP contribution >= 0.6 is 0 Å². The minimum Gasteiger partial charge on any atom is -0.494 e. The second-order valence-electron chi connectivity index (χ2n) is 5.90. The third-order valence-electron chi connectivity index (χ3n) is 4.17. The third kappa shape index (κ3) is 3.14. The number of nitrogens with zero attached hydrogens (tertiary/aromatic N) is 4. The molecule has 2 heterocycles. The number of hydrogen-bond donors (Lipinski definition) is 3. The Kier molecular flexibility index (Phi) is 4.43. The molecule has 0 aliphatic carbocycles. The van der Waals surface area contributed by atoms with Crippen LogP contribution in [0.5, 0.6) is 5.75 Å². The zero-order valence-electron chi connectivity index (χ0n) is 14.9. The second-order valence-corrected chi connectivity index (χ2v) is 5.90. The molecule has 0 saturated carbocycles. The maximum absolute atomic E-state index is 12.8. The highest BCUT2D eigenvalue weighted by Gasteiger charge is 2.09. The van der Waals surface area contributed by atoms with Gasteiger partial charge in [0.1, 0.15) is 17.4 Å². The number of nitrogens with one attached hydrogen (secondary N) is 3. The van der Waals surface area contributed by atoms with Crippen molar-refractivity contribution in [2.45, 2.75) is 6.92 Å². The van der Waals surface area contributed by atoms with Gasteiger partial charge in [0.25, 0.3) is 0 Å². The van der Waals surface area contributed by atoms with Crippen LogP contribution in [0.1, 0.15) is 12.7 Å². The van der Waals surface area contributed by atoms with E-state index in [-0.39, 0.29) is 16.8 Å². The van der Waals surface area contributed by atoms with E-state index >= 15 is 0 Å². The lowest BCUT2D eigenvalue weighted by Gasteiger charge is -2.08. The van der Waals surface area contributed by atoms with Crippen molar-refractivity contribution >= 4 is 33.1 Å². The van der Waals surface area contributed by atoms with Gasteiger partial charge in [-0.3, -0.25) is 4.79 Å². The summed E-state index contributed by atoms with van der Waals surface area (Å²) in [5.74, 6) is 0.856. The second kappa shape index (κ2) is 7.20. The third-order valence-corrected chi connectivity index (χ3v) is 4.17. The molecule has 3 N–H and O–H groups in total. The number of nitriles is 1. The van der Waals surface area contributed by atoms with E-state index in [9.17, 15) is 10.1 Å². The quantitative estimate of drug-likeness (QED) is 0.362. The first-order chi connectivity index (χ1) is 13.7. The summed E-state index contributed by atoms with van der Waals surface area (Å²) >= 11 is 0. The monoisotopic (exact) mass is 373 g/mol. The molecule has 0 bridgehead atoms. The molecule has 9 heteroatoms. The molecule has 0 atom stereocenters. The molecule has 2 aromatic heterocycles. The Morgan fingerprint density at radius 2 is 2.14 bits per heavy atom. The molecule has 0 unspecified atom stereocenters. The molecule has 0 spiro atoms. The van der Waals surface area contributed by atoms with Crippen LogP contribution in [0.3, 0.4) is 0 Å². The highest BCUT2D eigenvalue weighted by molar-refractivity contribution is 5.94. The van der Waals surface area contributed by atoms with E-state index in [1.807, 2.05) is 25.1 Å². The fourth-order valence-corrected chi connectivity index (χ4v) is 2.88. The van der Waals surface area contributed by atoms with Crippen LogP contribution in [0, 0.1) is 11.3 Å². The van der Waals surface area contributed by atoms with Gasteiger partial charge in [0.2, 0.25) is 5.82 Å². The van der Waals surface area contributed by atoms with Gasteiger partial charge in [-0.1, -0.05) is 0 Å². The smallest absolute Gasteiger partial charge is 0.216 e. The van der Waals surface area contributed by atoms with Gasteiger partial charge in [0.05, 0.1) is 17.6 Å². The maximum Gasteiger partial charge on any atom is 0.216 e. The Bertz CT molecular complexity index is 1280. The average Bonchev–Trinajstić information content (AvgIpc) is 3.24. The van der Waals surface area contributed by atoms with Crippen LogP contribution < -0.4 is 15.5 Å². The topological polar surface area (TPSA) is 132 Å². The van der Waals surface area contributed by atoms with Crippen molar-refractivity contribution in [1.29, 1.82) is 5.26 Å². The highest BCUT2D eigenvalue weighted by Crippen LogP contribution is 2.22. The van der Waals surface area contributed by atoms with E-state index in [4.69, 9.17) is 4.74 Å². The van der Waals surface area contributed by atoms with Crippen LogP contribution in [0.2, 0.25) is 0 Å². The predicted octanol–water partition coefficient (Wildman–Crippen LogP) is 2.57. The number of benzene rings is 2. The first-order valence-corrected chi connectivity index (χ1v) is 8.53. The molecule has 0 saturated heterocycles. The standard InChI is InChI=1S/C19H15N7O2/c1-2-28-13-4-6-16-15(8-13)18(27)14-5-3-12(7-17(14)22-16)21-10-11(9-20)19-23-25-26-24-19/h3-8,10,21H,2H2,1H3,(H,22,27)(H,23,24,25,26).